The summed E-state index contributed by atoms with van der Waals surface area (Å²) in [5, 5.41) is 36.1. The van der Waals surface area contributed by atoms with Crippen molar-refractivity contribution in [3.63, 3.8) is 0 Å². The number of nitrogen functional groups attached to an aromatic ring is 2. The molecule has 2 atom stereocenters. The number of ketones is 2. The molecule has 5 aliphatic heterocycles. The number of rotatable bonds is 36. The number of nitrogens with two attached hydrogens (primary N) is 2. The van der Waals surface area contributed by atoms with Gasteiger partial charge in [0.25, 0.3) is 23.6 Å². The van der Waals surface area contributed by atoms with Gasteiger partial charge >= 0.3 is 5.97 Å². The molecule has 3 saturated heterocycles. The molecule has 9 N–H and O–H groups in total. The number of fused-ring (bicyclic) bond motifs is 2. The topological polar surface area (TPSA) is 424 Å². The SMILES string of the molecule is C.C#CC#CC#CC#CC#C.CC(C)(O)C#Cc1cccc(COc2cc(-c3cnc(C4CCN(C(=O)CCOCCCCCCCOc5cccc6c5C(=O)N(C5CCC(=O)CC5=O)C6=O)CC4)s3)cnc2N)c1.CC(C)(O)C#Cc1cccc(COc2cc(-c3cnc(C4CCNCC4)s3)cnc2N)c1.O=C(O)CCOCCCCCCCOc1cccc2c1C(=O)N(C1CCC(=O)NC1=O)C2=O.[2H]CF. The lowest BCUT2D eigenvalue weighted by Crippen LogP contribution is -2.54. The molecule has 33 heteroatoms. The predicted octanol–water partition coefficient (Wildman–Crippen LogP) is 14.3. The number of nitrogens with one attached hydrogen (secondary N) is 2. The number of piperidine rings is 3. The highest BCUT2D eigenvalue weighted by molar-refractivity contribution is 7.15. The average Bonchev–Trinajstić information content (AvgIpc) is 1.60. The standard InChI is InChI=1S/C49H55N5O9S.C25H28N4O2S.C23H28N2O8.C10H2.CH3F.CH4/c1-49(2,60)20-16-32-10-8-11-33(26-32)31-63-41-27-35(29-51-45(41)50)42-30-52-46(64-42)34-17-21-53(22-18-34)43(57)19-25-61-23-6-4-3-5-7-24-62-40-13-9-12-37-44(40)48(59)54(47(37)58)38-15-14-36(55)28-39(38)56;1-25(2,30)9-6-17-4-3-5-18(12-17)16-31-21-13-20(14-28-23(21)26)22-15-29-24(32-22)19-7-10-27-11-8-19;26-18-10-9-16(21(29)24-18)25-22(30)15-7-6-8-17(20(15)23(25)31)33-13-5-3-1-2-4-12-32-14-11-19(27)28;1-3-5-7-9-10-8-6-4-2;1-2;/h8-13,26-27,29-30,34,38,60H,3-7,14-15,17-19,21-25,28,31H2,1-2H3,(H2,50,51);3-5,12-15,19,27,30H,7-8,10-11,16H2,1-2H3,(H2,26,28);6-8,16H,1-5,9-14H2,(H,27,28)(H,24,26,29);1-2H;1H3;1H4/i;;;;1D;. The highest BCUT2D eigenvalue weighted by Crippen LogP contribution is 2.41. The van der Waals surface area contributed by atoms with E-state index in [0.717, 1.165) is 161 Å². The second-order valence-corrected chi connectivity index (χ2v) is 36.7. The van der Waals surface area contributed by atoms with Gasteiger partial charge in [0, 0.05) is 98.0 Å². The number of Topliss-reactive ketones (excluding diaryl/α,β-unsaturated/α-hetero) is 2. The fourth-order valence-corrected chi connectivity index (χ4v) is 17.8. The minimum atomic E-state index is -1.08. The molecule has 9 heterocycles. The second kappa shape index (κ2) is 56.7. The van der Waals surface area contributed by atoms with Crippen molar-refractivity contribution in [3.05, 3.63) is 176 Å². The van der Waals surface area contributed by atoms with Crippen LogP contribution in [0.15, 0.2) is 122 Å². The Labute approximate surface area is 837 Å². The lowest BCUT2D eigenvalue weighted by atomic mass is 9.92. The first-order valence-corrected chi connectivity index (χ1v) is 48.2. The molecule has 30 nitrogen and oxygen atoms in total. The van der Waals surface area contributed by atoms with Crippen molar-refractivity contribution >= 4 is 93.2 Å². The Balaban J connectivity index is 0.000000242. The van der Waals surface area contributed by atoms with E-state index in [1.807, 2.05) is 78.0 Å². The number of hydrogen-bond acceptors (Lipinski definition) is 27. The second-order valence-electron chi connectivity index (χ2n) is 34.5. The molecule has 7 amide bonds. The number of anilines is 2. The van der Waals surface area contributed by atoms with Crippen molar-refractivity contribution in [2.24, 2.45) is 0 Å². The third kappa shape index (κ3) is 34.2. The number of ether oxygens (including phenoxy) is 6. The summed E-state index contributed by atoms with van der Waals surface area (Å²) in [7, 11) is -1.00. The minimum absolute atomic E-state index is 0. The number of amides is 7. The summed E-state index contributed by atoms with van der Waals surface area (Å²) in [6.45, 7) is 13.2. The molecule has 4 aromatic carbocycles. The number of pyridine rings is 2. The number of benzene rings is 4. The van der Waals surface area contributed by atoms with Crippen LogP contribution in [0.5, 0.6) is 23.0 Å². The van der Waals surface area contributed by atoms with E-state index >= 15 is 0 Å². The zero-order valence-electron chi connectivity index (χ0n) is 80.4. The first kappa shape index (κ1) is 110. The molecule has 1 saturated carbocycles. The smallest absolute Gasteiger partial charge is 0.305 e. The maximum atomic E-state index is 13.3. The monoisotopic (exact) mass is 1970 g/mol. The zero-order valence-corrected chi connectivity index (χ0v) is 81.0. The van der Waals surface area contributed by atoms with Crippen molar-refractivity contribution in [3.8, 4) is 128 Å². The van der Waals surface area contributed by atoms with E-state index in [0.29, 0.717) is 99.7 Å². The summed E-state index contributed by atoms with van der Waals surface area (Å²) in [6, 6.07) is 27.0. The van der Waals surface area contributed by atoms with Crippen molar-refractivity contribution < 1.29 is 97.4 Å². The summed E-state index contributed by atoms with van der Waals surface area (Å²) >= 11 is 3.34. The largest absolute Gasteiger partial charge is 0.493 e. The van der Waals surface area contributed by atoms with Crippen LogP contribution in [0.4, 0.5) is 16.0 Å². The predicted molar refractivity (Wildman–Crippen MR) is 539 cm³/mol. The van der Waals surface area contributed by atoms with E-state index in [-0.39, 0.29) is 99.0 Å². The summed E-state index contributed by atoms with van der Waals surface area (Å²) in [6.07, 6.45) is 30.5. The van der Waals surface area contributed by atoms with Gasteiger partial charge in [-0.25, -0.2) is 19.9 Å². The molecule has 2 unspecified atom stereocenters. The first-order valence-electron chi connectivity index (χ1n) is 47.3. The number of hydrogen-bond donors (Lipinski definition) is 7. The van der Waals surface area contributed by atoms with Gasteiger partial charge in [-0.1, -0.05) is 106 Å². The van der Waals surface area contributed by atoms with E-state index in [9.17, 15) is 62.5 Å². The number of terminal acetylenes is 2. The van der Waals surface area contributed by atoms with E-state index in [1.165, 1.54) is 11.1 Å². The van der Waals surface area contributed by atoms with Crippen LogP contribution in [0.2, 0.25) is 0 Å². The van der Waals surface area contributed by atoms with E-state index in [1.54, 1.807) is 93.1 Å². The number of thiazole rings is 2. The number of aromatic nitrogens is 4. The van der Waals surface area contributed by atoms with Crippen LogP contribution < -0.4 is 41.0 Å². The summed E-state index contributed by atoms with van der Waals surface area (Å²) in [4.78, 5) is 147. The van der Waals surface area contributed by atoms with Gasteiger partial charge in [0.1, 0.15) is 47.7 Å². The molecule has 4 aromatic heterocycles. The Morgan fingerprint density at radius 1 is 0.528 bits per heavy atom. The van der Waals surface area contributed by atoms with Crippen LogP contribution in [0.3, 0.4) is 0 Å². The molecular weight excluding hydrogens is 1850 g/mol. The molecule has 0 spiro atoms. The van der Waals surface area contributed by atoms with Crippen molar-refractivity contribution in [1.82, 2.24) is 45.3 Å². The third-order valence-electron chi connectivity index (χ3n) is 22.8. The van der Waals surface area contributed by atoms with Gasteiger partial charge in [0.15, 0.2) is 28.9 Å². The molecule has 8 aromatic rings. The molecule has 142 heavy (non-hydrogen) atoms. The molecule has 0 radical (unpaired) electrons. The number of alkyl halides is 1. The fraction of sp³-hybridized carbons (Fsp3) is 0.413. The number of imide groups is 3. The molecule has 6 aliphatic rings. The Bertz CT molecular complexity index is 6200. The molecule has 4 fully saturated rings. The van der Waals surface area contributed by atoms with Gasteiger partial charge in [0.2, 0.25) is 17.7 Å². The summed E-state index contributed by atoms with van der Waals surface area (Å²) in [5.74, 6) is 28.6. The molecular formula is C109H120FN11O19S2. The number of carbonyl (C=O) groups is 10. The Hall–Kier alpha value is -14.4. The average molecular weight is 1970 g/mol. The normalized spacial score (nSPS) is 15.4. The van der Waals surface area contributed by atoms with Gasteiger partial charge in [-0.05, 0) is 224 Å². The summed E-state index contributed by atoms with van der Waals surface area (Å²) < 4.78 is 50.4. The Morgan fingerprint density at radius 2 is 0.965 bits per heavy atom. The number of carbonyl (C=O) groups excluding carboxylic acids is 9. The number of carboxylic acids is 1. The van der Waals surface area contributed by atoms with E-state index in [4.69, 9.17) is 64.2 Å². The summed E-state index contributed by atoms with van der Waals surface area (Å²) in [5.41, 5.74) is 16.2. The van der Waals surface area contributed by atoms with Gasteiger partial charge in [-0.2, -0.15) is 0 Å². The zero-order chi connectivity index (χ0) is 102. The molecule has 0 bridgehead atoms. The van der Waals surface area contributed by atoms with Crippen LogP contribution in [0.25, 0.3) is 20.9 Å². The fourth-order valence-electron chi connectivity index (χ4n) is 15.7. The maximum Gasteiger partial charge on any atom is 0.305 e. The van der Waals surface area contributed by atoms with Crippen LogP contribution >= 0.6 is 22.7 Å². The number of halogens is 1. The van der Waals surface area contributed by atoms with Gasteiger partial charge in [-0.15, -0.1) is 35.5 Å². The van der Waals surface area contributed by atoms with E-state index < -0.39 is 77.6 Å². The highest BCUT2D eigenvalue weighted by Gasteiger charge is 2.48. The van der Waals surface area contributed by atoms with Crippen molar-refractivity contribution in [2.75, 3.05) is 84.4 Å². The molecule has 14 rings (SSSR count). The van der Waals surface area contributed by atoms with Crippen LogP contribution in [0.1, 0.15) is 257 Å². The van der Waals surface area contributed by atoms with Gasteiger partial charge in [0.05, 0.1) is 102 Å². The number of nitrogens with zero attached hydrogens (tertiary/aromatic N) is 7. The Kier molecular flexibility index (Phi) is 43.8. The molecule has 1 aliphatic carbocycles. The number of unbranched alkanes of at least 4 members (excludes halogenated alkanes) is 8. The number of likely N-dealkylation sites (tertiary alicyclic amines) is 1. The van der Waals surface area contributed by atoms with Crippen molar-refractivity contribution in [1.29, 1.82) is 0 Å². The van der Waals surface area contributed by atoms with Crippen LogP contribution in [-0.2, 0) is 51.5 Å². The van der Waals surface area contributed by atoms with Gasteiger partial charge < -0.3 is 65.4 Å². The third-order valence-corrected chi connectivity index (χ3v) is 25.2. The van der Waals surface area contributed by atoms with E-state index in [2.05, 4.69) is 96.6 Å². The lowest BCUT2D eigenvalue weighted by molar-refractivity contribution is -0.138. The maximum absolute atomic E-state index is 13.3. The quantitative estimate of drug-likeness (QED) is 0.00830. The number of aliphatic hydroxyl groups is 2. The highest BCUT2D eigenvalue weighted by atomic mass is 32.1. The minimum Gasteiger partial charge on any atom is -0.493 e. The van der Waals surface area contributed by atoms with Crippen LogP contribution in [0, 0.1) is 83.9 Å². The first-order chi connectivity index (χ1) is 68.4. The van der Waals surface area contributed by atoms with Crippen molar-refractivity contribution in [2.45, 2.75) is 218 Å². The number of carboxylic acid groups (broad SMARTS) is 1. The number of aliphatic carboxylic acids is 1. The lowest BCUT2D eigenvalue weighted by Gasteiger charge is -2.31. The Morgan fingerprint density at radius 3 is 1.42 bits per heavy atom. The van der Waals surface area contributed by atoms with Crippen LogP contribution in [-0.4, -0.2) is 205 Å². The molecule has 744 valence electrons. The van der Waals surface area contributed by atoms with Gasteiger partial charge in [-0.3, -0.25) is 67.5 Å².